The van der Waals surface area contributed by atoms with Crippen molar-refractivity contribution in [2.75, 3.05) is 6.61 Å². The van der Waals surface area contributed by atoms with Gasteiger partial charge in [-0.2, -0.15) is 0 Å². The topological polar surface area (TPSA) is 26.3 Å². The van der Waals surface area contributed by atoms with E-state index < -0.39 is 0 Å². The Kier molecular flexibility index (Phi) is 3.64. The third kappa shape index (κ3) is 2.77. The standard InChI is InChI=1S/C14H13ClO2/c1-10(16)8-9-17-14-7-6-13(15)11-4-2-3-5-12(11)14/h2-7H,8-9H2,1H3. The number of hydrogen-bond donors (Lipinski definition) is 0. The van der Waals surface area contributed by atoms with E-state index >= 15 is 0 Å². The summed E-state index contributed by atoms with van der Waals surface area (Å²) in [4.78, 5) is 10.9. The Balaban J connectivity index is 2.28. The van der Waals surface area contributed by atoms with Gasteiger partial charge in [-0.3, -0.25) is 4.79 Å². The number of halogens is 1. The molecule has 0 spiro atoms. The number of carbonyl (C=O) groups excluding carboxylic acids is 1. The van der Waals surface area contributed by atoms with Gasteiger partial charge in [0.25, 0.3) is 0 Å². The first-order valence-corrected chi connectivity index (χ1v) is 5.86. The number of fused-ring (bicyclic) bond motifs is 1. The third-order valence-electron chi connectivity index (χ3n) is 2.54. The average Bonchev–Trinajstić information content (AvgIpc) is 2.32. The van der Waals surface area contributed by atoms with Crippen LogP contribution in [0.15, 0.2) is 36.4 Å². The highest BCUT2D eigenvalue weighted by Gasteiger charge is 2.05. The molecule has 0 aliphatic carbocycles. The van der Waals surface area contributed by atoms with Crippen LogP contribution in [0, 0.1) is 0 Å². The number of ketones is 1. The number of carbonyl (C=O) groups is 1. The van der Waals surface area contributed by atoms with Crippen molar-refractivity contribution >= 4 is 28.2 Å². The molecule has 0 radical (unpaired) electrons. The molecule has 0 bridgehead atoms. The zero-order valence-electron chi connectivity index (χ0n) is 9.57. The second kappa shape index (κ2) is 5.19. The molecular formula is C14H13ClO2. The second-order valence-corrected chi connectivity index (χ2v) is 4.30. The number of ether oxygens (including phenoxy) is 1. The van der Waals surface area contributed by atoms with E-state index in [-0.39, 0.29) is 5.78 Å². The Bertz CT molecular complexity index is 549. The lowest BCUT2D eigenvalue weighted by atomic mass is 10.1. The fourth-order valence-electron chi connectivity index (χ4n) is 1.67. The van der Waals surface area contributed by atoms with Crippen LogP contribution in [0.1, 0.15) is 13.3 Å². The highest BCUT2D eigenvalue weighted by atomic mass is 35.5. The van der Waals surface area contributed by atoms with Gasteiger partial charge in [-0.1, -0.05) is 35.9 Å². The van der Waals surface area contributed by atoms with Crippen molar-refractivity contribution in [2.24, 2.45) is 0 Å². The number of rotatable bonds is 4. The lowest BCUT2D eigenvalue weighted by Crippen LogP contribution is -2.02. The fourth-order valence-corrected chi connectivity index (χ4v) is 1.89. The molecule has 3 heteroatoms. The van der Waals surface area contributed by atoms with Crippen LogP contribution in [0.5, 0.6) is 5.75 Å². The smallest absolute Gasteiger partial charge is 0.133 e. The lowest BCUT2D eigenvalue weighted by molar-refractivity contribution is -0.117. The number of hydrogen-bond acceptors (Lipinski definition) is 2. The Morgan fingerprint density at radius 1 is 1.18 bits per heavy atom. The molecule has 0 N–H and O–H groups in total. The van der Waals surface area contributed by atoms with Crippen molar-refractivity contribution in [1.82, 2.24) is 0 Å². The molecule has 2 aromatic rings. The van der Waals surface area contributed by atoms with Gasteiger partial charge in [0.2, 0.25) is 0 Å². The van der Waals surface area contributed by atoms with Crippen LogP contribution >= 0.6 is 11.6 Å². The van der Waals surface area contributed by atoms with Crippen molar-refractivity contribution < 1.29 is 9.53 Å². The van der Waals surface area contributed by atoms with E-state index in [1.54, 1.807) is 6.92 Å². The molecule has 88 valence electrons. The van der Waals surface area contributed by atoms with E-state index in [1.165, 1.54) is 0 Å². The summed E-state index contributed by atoms with van der Waals surface area (Å²) < 4.78 is 5.61. The Morgan fingerprint density at radius 2 is 1.88 bits per heavy atom. The van der Waals surface area contributed by atoms with Crippen LogP contribution in [0.25, 0.3) is 10.8 Å². The van der Waals surface area contributed by atoms with Gasteiger partial charge in [0.1, 0.15) is 11.5 Å². The quantitative estimate of drug-likeness (QED) is 0.822. The molecule has 0 amide bonds. The first-order chi connectivity index (χ1) is 8.18. The number of Topliss-reactive ketones (excluding diaryl/α,β-unsaturated/α-hetero) is 1. The van der Waals surface area contributed by atoms with Gasteiger partial charge in [-0.15, -0.1) is 0 Å². The van der Waals surface area contributed by atoms with Crippen molar-refractivity contribution in [3.05, 3.63) is 41.4 Å². The minimum atomic E-state index is 0.128. The first-order valence-electron chi connectivity index (χ1n) is 5.48. The molecule has 2 aromatic carbocycles. The minimum absolute atomic E-state index is 0.128. The van der Waals surface area contributed by atoms with Crippen LogP contribution in [0.3, 0.4) is 0 Å². The maximum Gasteiger partial charge on any atom is 0.133 e. The SMILES string of the molecule is CC(=O)CCOc1ccc(Cl)c2ccccc12. The molecule has 0 saturated heterocycles. The zero-order chi connectivity index (χ0) is 12.3. The van der Waals surface area contributed by atoms with E-state index in [0.717, 1.165) is 16.5 Å². The van der Waals surface area contributed by atoms with Gasteiger partial charge in [0, 0.05) is 22.2 Å². The summed E-state index contributed by atoms with van der Waals surface area (Å²) in [5.74, 6) is 0.898. The molecule has 0 aromatic heterocycles. The predicted octanol–water partition coefficient (Wildman–Crippen LogP) is 3.85. The summed E-state index contributed by atoms with van der Waals surface area (Å²) in [7, 11) is 0. The molecular weight excluding hydrogens is 236 g/mol. The summed E-state index contributed by atoms with van der Waals surface area (Å²) in [5, 5.41) is 2.65. The minimum Gasteiger partial charge on any atom is -0.492 e. The van der Waals surface area contributed by atoms with Gasteiger partial charge in [0.15, 0.2) is 0 Å². The third-order valence-corrected chi connectivity index (χ3v) is 2.87. The maximum atomic E-state index is 10.9. The van der Waals surface area contributed by atoms with E-state index in [0.29, 0.717) is 18.1 Å². The van der Waals surface area contributed by atoms with Crippen molar-refractivity contribution in [1.29, 1.82) is 0 Å². The van der Waals surface area contributed by atoms with Crippen LogP contribution in [-0.4, -0.2) is 12.4 Å². The highest BCUT2D eigenvalue weighted by Crippen LogP contribution is 2.31. The van der Waals surface area contributed by atoms with Crippen LogP contribution < -0.4 is 4.74 Å². The fraction of sp³-hybridized carbons (Fsp3) is 0.214. The first kappa shape index (κ1) is 11.9. The van der Waals surface area contributed by atoms with E-state index in [9.17, 15) is 4.79 Å². The molecule has 2 rings (SSSR count). The molecule has 2 nitrogen and oxygen atoms in total. The van der Waals surface area contributed by atoms with Gasteiger partial charge >= 0.3 is 0 Å². The van der Waals surface area contributed by atoms with Crippen molar-refractivity contribution in [3.63, 3.8) is 0 Å². The van der Waals surface area contributed by atoms with E-state index in [4.69, 9.17) is 16.3 Å². The van der Waals surface area contributed by atoms with E-state index in [1.807, 2.05) is 36.4 Å². The van der Waals surface area contributed by atoms with Crippen LogP contribution in [-0.2, 0) is 4.79 Å². The van der Waals surface area contributed by atoms with Crippen LogP contribution in [0.2, 0.25) is 5.02 Å². The lowest BCUT2D eigenvalue weighted by Gasteiger charge is -2.09. The molecule has 0 saturated carbocycles. The summed E-state index contributed by atoms with van der Waals surface area (Å²) in [5.41, 5.74) is 0. The van der Waals surface area contributed by atoms with Gasteiger partial charge in [-0.05, 0) is 19.1 Å². The Hall–Kier alpha value is -1.54. The molecule has 0 heterocycles. The van der Waals surface area contributed by atoms with Gasteiger partial charge < -0.3 is 4.74 Å². The monoisotopic (exact) mass is 248 g/mol. The zero-order valence-corrected chi connectivity index (χ0v) is 10.3. The average molecular weight is 249 g/mol. The molecule has 0 aliphatic heterocycles. The largest absolute Gasteiger partial charge is 0.492 e. The predicted molar refractivity (Wildman–Crippen MR) is 69.8 cm³/mol. The summed E-state index contributed by atoms with van der Waals surface area (Å²) in [6.45, 7) is 1.96. The maximum absolute atomic E-state index is 10.9. The second-order valence-electron chi connectivity index (χ2n) is 3.89. The molecule has 0 unspecified atom stereocenters. The summed E-state index contributed by atoms with van der Waals surface area (Å²) >= 11 is 6.10. The summed E-state index contributed by atoms with van der Waals surface area (Å²) in [6, 6.07) is 11.4. The number of benzene rings is 2. The highest BCUT2D eigenvalue weighted by molar-refractivity contribution is 6.35. The summed E-state index contributed by atoms with van der Waals surface area (Å²) in [6.07, 6.45) is 0.428. The Labute approximate surface area is 105 Å². The molecule has 0 atom stereocenters. The molecule has 17 heavy (non-hydrogen) atoms. The van der Waals surface area contributed by atoms with Gasteiger partial charge in [0.05, 0.1) is 6.61 Å². The van der Waals surface area contributed by atoms with Crippen molar-refractivity contribution in [3.8, 4) is 5.75 Å². The molecule has 0 fully saturated rings. The Morgan fingerprint density at radius 3 is 2.59 bits per heavy atom. The van der Waals surface area contributed by atoms with Crippen LogP contribution in [0.4, 0.5) is 0 Å². The molecule has 0 aliphatic rings. The van der Waals surface area contributed by atoms with E-state index in [2.05, 4.69) is 0 Å². The van der Waals surface area contributed by atoms with Gasteiger partial charge in [-0.25, -0.2) is 0 Å². The van der Waals surface area contributed by atoms with Crippen molar-refractivity contribution in [2.45, 2.75) is 13.3 Å². The normalized spacial score (nSPS) is 10.5.